The summed E-state index contributed by atoms with van der Waals surface area (Å²) in [6.07, 6.45) is 3.22. The molecule has 0 saturated carbocycles. The lowest BCUT2D eigenvalue weighted by atomic mass is 10.1. The van der Waals surface area contributed by atoms with E-state index in [0.29, 0.717) is 6.54 Å². The molecular formula is C10H19NO2. The molecule has 0 aliphatic rings. The number of aliphatic hydroxyl groups is 1. The van der Waals surface area contributed by atoms with Crippen LogP contribution in [0, 0.1) is 0 Å². The van der Waals surface area contributed by atoms with Crippen molar-refractivity contribution in [3.05, 3.63) is 12.2 Å². The van der Waals surface area contributed by atoms with E-state index in [-0.39, 0.29) is 18.1 Å². The van der Waals surface area contributed by atoms with E-state index in [2.05, 4.69) is 0 Å². The minimum Gasteiger partial charge on any atom is -0.395 e. The molecule has 0 heterocycles. The topological polar surface area (TPSA) is 40.5 Å². The highest BCUT2D eigenvalue weighted by atomic mass is 16.3. The van der Waals surface area contributed by atoms with Gasteiger partial charge < -0.3 is 10.0 Å². The molecule has 3 nitrogen and oxygen atoms in total. The van der Waals surface area contributed by atoms with Crippen molar-refractivity contribution in [2.45, 2.75) is 33.2 Å². The number of rotatable bonds is 3. The van der Waals surface area contributed by atoms with Crippen molar-refractivity contribution in [3.8, 4) is 0 Å². The van der Waals surface area contributed by atoms with Gasteiger partial charge >= 0.3 is 0 Å². The average Bonchev–Trinajstić information content (AvgIpc) is 1.98. The second-order valence-electron chi connectivity index (χ2n) is 3.88. The number of carbonyl (C=O) groups excluding carboxylic acids is 1. The van der Waals surface area contributed by atoms with Gasteiger partial charge in [0.2, 0.25) is 5.91 Å². The summed E-state index contributed by atoms with van der Waals surface area (Å²) in [6.45, 7) is 8.03. The van der Waals surface area contributed by atoms with Crippen LogP contribution in [-0.2, 0) is 4.79 Å². The maximum Gasteiger partial charge on any atom is 0.246 e. The van der Waals surface area contributed by atoms with Gasteiger partial charge in [0.25, 0.3) is 0 Å². The maximum absolute atomic E-state index is 11.5. The Bertz CT molecular complexity index is 192. The van der Waals surface area contributed by atoms with Crippen LogP contribution in [0.2, 0.25) is 0 Å². The maximum atomic E-state index is 11.5. The molecule has 0 aliphatic heterocycles. The van der Waals surface area contributed by atoms with E-state index in [1.807, 2.05) is 20.8 Å². The number of allylic oxidation sites excluding steroid dienone is 1. The number of aliphatic hydroxyl groups excluding tert-OH is 1. The first-order chi connectivity index (χ1) is 5.93. The van der Waals surface area contributed by atoms with Crippen LogP contribution in [0.5, 0.6) is 0 Å². The summed E-state index contributed by atoms with van der Waals surface area (Å²) in [7, 11) is 0. The molecule has 13 heavy (non-hydrogen) atoms. The smallest absolute Gasteiger partial charge is 0.246 e. The zero-order chi connectivity index (χ0) is 10.5. The van der Waals surface area contributed by atoms with Gasteiger partial charge in [-0.3, -0.25) is 4.79 Å². The van der Waals surface area contributed by atoms with Gasteiger partial charge in [0, 0.05) is 12.1 Å². The molecule has 0 aromatic heterocycles. The SMILES string of the molecule is C/C=C\C(=O)N(CCO)C(C)(C)C. The van der Waals surface area contributed by atoms with Gasteiger partial charge in [-0.05, 0) is 33.8 Å². The summed E-state index contributed by atoms with van der Waals surface area (Å²) < 4.78 is 0. The average molecular weight is 185 g/mol. The van der Waals surface area contributed by atoms with Gasteiger partial charge in [0.15, 0.2) is 0 Å². The Morgan fingerprint density at radius 3 is 2.31 bits per heavy atom. The molecule has 0 saturated heterocycles. The molecule has 0 bridgehead atoms. The zero-order valence-corrected chi connectivity index (χ0v) is 8.87. The van der Waals surface area contributed by atoms with Crippen LogP contribution < -0.4 is 0 Å². The second-order valence-corrected chi connectivity index (χ2v) is 3.88. The lowest BCUT2D eigenvalue weighted by Crippen LogP contribution is -2.46. The van der Waals surface area contributed by atoms with Gasteiger partial charge in [-0.2, -0.15) is 0 Å². The molecule has 0 aromatic rings. The highest BCUT2D eigenvalue weighted by Crippen LogP contribution is 2.13. The van der Waals surface area contributed by atoms with Crippen LogP contribution >= 0.6 is 0 Å². The highest BCUT2D eigenvalue weighted by molar-refractivity contribution is 5.88. The van der Waals surface area contributed by atoms with E-state index in [1.54, 1.807) is 17.9 Å². The fourth-order valence-electron chi connectivity index (χ4n) is 1.11. The predicted octanol–water partition coefficient (Wildman–Crippen LogP) is 1.18. The Balaban J connectivity index is 4.51. The molecule has 0 aliphatic carbocycles. The monoisotopic (exact) mass is 185 g/mol. The molecule has 0 atom stereocenters. The van der Waals surface area contributed by atoms with E-state index in [0.717, 1.165) is 0 Å². The van der Waals surface area contributed by atoms with Gasteiger partial charge in [0.05, 0.1) is 6.61 Å². The molecule has 1 amide bonds. The summed E-state index contributed by atoms with van der Waals surface area (Å²) in [5.74, 6) is -0.0518. The molecule has 0 fully saturated rings. The lowest BCUT2D eigenvalue weighted by molar-refractivity contribution is -0.131. The molecule has 3 heteroatoms. The van der Waals surface area contributed by atoms with Crippen molar-refractivity contribution in [1.29, 1.82) is 0 Å². The normalized spacial score (nSPS) is 12.1. The quantitative estimate of drug-likeness (QED) is 0.671. The number of amides is 1. The fraction of sp³-hybridized carbons (Fsp3) is 0.700. The van der Waals surface area contributed by atoms with E-state index < -0.39 is 0 Å². The Morgan fingerprint density at radius 2 is 2.00 bits per heavy atom. The Morgan fingerprint density at radius 1 is 1.46 bits per heavy atom. The van der Waals surface area contributed by atoms with Crippen molar-refractivity contribution in [1.82, 2.24) is 4.90 Å². The Labute approximate surface area is 80.0 Å². The zero-order valence-electron chi connectivity index (χ0n) is 8.87. The van der Waals surface area contributed by atoms with Gasteiger partial charge in [0.1, 0.15) is 0 Å². The van der Waals surface area contributed by atoms with Crippen LogP contribution in [0.25, 0.3) is 0 Å². The molecule has 0 aromatic carbocycles. The van der Waals surface area contributed by atoms with Crippen molar-refractivity contribution in [2.24, 2.45) is 0 Å². The first kappa shape index (κ1) is 12.2. The summed E-state index contributed by atoms with van der Waals surface area (Å²) in [6, 6.07) is 0. The largest absolute Gasteiger partial charge is 0.395 e. The van der Waals surface area contributed by atoms with Crippen LogP contribution in [0.15, 0.2) is 12.2 Å². The minimum atomic E-state index is -0.237. The lowest BCUT2D eigenvalue weighted by Gasteiger charge is -2.34. The number of hydrogen-bond acceptors (Lipinski definition) is 2. The third-order valence-corrected chi connectivity index (χ3v) is 1.71. The van der Waals surface area contributed by atoms with Crippen molar-refractivity contribution < 1.29 is 9.90 Å². The van der Waals surface area contributed by atoms with Crippen molar-refractivity contribution >= 4 is 5.91 Å². The first-order valence-electron chi connectivity index (χ1n) is 4.48. The molecule has 0 unspecified atom stereocenters. The summed E-state index contributed by atoms with van der Waals surface area (Å²) in [5, 5.41) is 8.80. The van der Waals surface area contributed by atoms with Crippen LogP contribution in [0.4, 0.5) is 0 Å². The molecule has 0 radical (unpaired) electrons. The van der Waals surface area contributed by atoms with Gasteiger partial charge in [-0.15, -0.1) is 0 Å². The van der Waals surface area contributed by atoms with Crippen LogP contribution in [-0.4, -0.2) is 34.6 Å². The van der Waals surface area contributed by atoms with Gasteiger partial charge in [-0.1, -0.05) is 6.08 Å². The van der Waals surface area contributed by atoms with Crippen LogP contribution in [0.1, 0.15) is 27.7 Å². The number of nitrogens with zero attached hydrogens (tertiary/aromatic N) is 1. The highest BCUT2D eigenvalue weighted by Gasteiger charge is 2.23. The molecule has 76 valence electrons. The van der Waals surface area contributed by atoms with E-state index in [1.165, 1.54) is 6.08 Å². The molecule has 0 rings (SSSR count). The minimum absolute atomic E-state index is 0.000560. The fourth-order valence-corrected chi connectivity index (χ4v) is 1.11. The standard InChI is InChI=1S/C10H19NO2/c1-5-6-9(13)11(7-8-12)10(2,3)4/h5-6,12H,7-8H2,1-4H3/b6-5-. The second kappa shape index (κ2) is 5.02. The van der Waals surface area contributed by atoms with Crippen molar-refractivity contribution in [3.63, 3.8) is 0 Å². The van der Waals surface area contributed by atoms with E-state index in [4.69, 9.17) is 5.11 Å². The third-order valence-electron chi connectivity index (χ3n) is 1.71. The summed E-state index contributed by atoms with van der Waals surface area (Å²) in [5.41, 5.74) is -0.237. The molecule has 0 spiro atoms. The van der Waals surface area contributed by atoms with Crippen molar-refractivity contribution in [2.75, 3.05) is 13.2 Å². The Hall–Kier alpha value is -0.830. The van der Waals surface area contributed by atoms with Gasteiger partial charge in [-0.25, -0.2) is 0 Å². The Kier molecular flexibility index (Phi) is 4.70. The molecule has 1 N–H and O–H groups in total. The summed E-state index contributed by atoms with van der Waals surface area (Å²) >= 11 is 0. The molecular weight excluding hydrogens is 166 g/mol. The van der Waals surface area contributed by atoms with E-state index in [9.17, 15) is 4.79 Å². The summed E-state index contributed by atoms with van der Waals surface area (Å²) in [4.78, 5) is 13.2. The van der Waals surface area contributed by atoms with E-state index >= 15 is 0 Å². The number of β-amino-alcohol motifs (C(OH)–C–C–N with tert-alkyl or cyclic N) is 1. The predicted molar refractivity (Wildman–Crippen MR) is 53.4 cm³/mol. The first-order valence-corrected chi connectivity index (χ1v) is 4.48. The number of carbonyl (C=O) groups is 1. The van der Waals surface area contributed by atoms with Crippen LogP contribution in [0.3, 0.4) is 0 Å². The number of hydrogen-bond donors (Lipinski definition) is 1. The third kappa shape index (κ3) is 4.08.